The van der Waals surface area contributed by atoms with Gasteiger partial charge in [-0.1, -0.05) is 23.3 Å². The van der Waals surface area contributed by atoms with Crippen LogP contribution >= 0.6 is 12.2 Å². The van der Waals surface area contributed by atoms with Gasteiger partial charge in [-0.2, -0.15) is 5.26 Å². The van der Waals surface area contributed by atoms with E-state index in [1.54, 1.807) is 12.1 Å². The van der Waals surface area contributed by atoms with Gasteiger partial charge in [0.1, 0.15) is 0 Å². The van der Waals surface area contributed by atoms with E-state index in [0.29, 0.717) is 17.2 Å². The van der Waals surface area contributed by atoms with Gasteiger partial charge in [-0.15, -0.1) is 0 Å². The summed E-state index contributed by atoms with van der Waals surface area (Å²) in [4.78, 5) is 0. The van der Waals surface area contributed by atoms with Crippen LogP contribution in [0.2, 0.25) is 0 Å². The fourth-order valence-corrected chi connectivity index (χ4v) is 2.01. The lowest BCUT2D eigenvalue weighted by Crippen LogP contribution is -2.28. The van der Waals surface area contributed by atoms with Gasteiger partial charge >= 0.3 is 0 Å². The second-order valence-electron chi connectivity index (χ2n) is 5.39. The molecule has 0 heterocycles. The third kappa shape index (κ3) is 7.61. The molecule has 0 saturated heterocycles. The average molecular weight is 313 g/mol. The van der Waals surface area contributed by atoms with E-state index in [4.69, 9.17) is 17.5 Å². The number of nitrogens with zero attached hydrogens (tertiary/aromatic N) is 1. The highest BCUT2D eigenvalue weighted by Gasteiger charge is 1.97. The van der Waals surface area contributed by atoms with Crippen molar-refractivity contribution in [3.8, 4) is 6.07 Å². The summed E-state index contributed by atoms with van der Waals surface area (Å²) in [5.41, 5.74) is 4.23. The molecule has 0 spiro atoms. The number of anilines is 1. The predicted molar refractivity (Wildman–Crippen MR) is 97.8 cm³/mol. The molecule has 22 heavy (non-hydrogen) atoms. The van der Waals surface area contributed by atoms with Crippen LogP contribution in [-0.4, -0.2) is 11.7 Å². The predicted octanol–water partition coefficient (Wildman–Crippen LogP) is 4.54. The number of hydrogen-bond acceptors (Lipinski definition) is 2. The second kappa shape index (κ2) is 9.75. The molecule has 1 rings (SSSR count). The van der Waals surface area contributed by atoms with E-state index in [1.807, 2.05) is 12.1 Å². The number of thiocarbonyl (C=S) groups is 1. The first kappa shape index (κ1) is 17.9. The minimum atomic E-state index is 0.582. The Morgan fingerprint density at radius 3 is 2.45 bits per heavy atom. The molecular weight excluding hydrogens is 290 g/mol. The standard InChI is InChI=1S/C18H23N3S/c1-14(2)5-4-6-15(3)11-12-20-18(22)21-17-9-7-16(13-19)8-10-17/h5,7-11H,4,6,12H2,1-3H3,(H2,20,21,22)/b15-11+. The molecule has 0 fully saturated rings. The van der Waals surface area contributed by atoms with Crippen LogP contribution in [0.15, 0.2) is 47.6 Å². The van der Waals surface area contributed by atoms with Crippen molar-refractivity contribution in [3.63, 3.8) is 0 Å². The molecular formula is C18H23N3S. The lowest BCUT2D eigenvalue weighted by molar-refractivity contribution is 0.942. The topological polar surface area (TPSA) is 47.8 Å². The number of benzene rings is 1. The highest BCUT2D eigenvalue weighted by molar-refractivity contribution is 7.80. The number of nitriles is 1. The lowest BCUT2D eigenvalue weighted by atomic mass is 10.1. The molecule has 116 valence electrons. The molecule has 2 N–H and O–H groups in total. The minimum Gasteiger partial charge on any atom is -0.359 e. The summed E-state index contributed by atoms with van der Waals surface area (Å²) in [7, 11) is 0. The Labute approximate surface area is 138 Å². The summed E-state index contributed by atoms with van der Waals surface area (Å²) in [6.45, 7) is 7.09. The van der Waals surface area contributed by atoms with E-state index in [1.165, 1.54) is 11.1 Å². The van der Waals surface area contributed by atoms with Crippen molar-refractivity contribution < 1.29 is 0 Å². The van der Waals surface area contributed by atoms with Crippen molar-refractivity contribution >= 4 is 23.0 Å². The fourth-order valence-electron chi connectivity index (χ4n) is 1.81. The van der Waals surface area contributed by atoms with E-state index in [0.717, 1.165) is 18.5 Å². The monoisotopic (exact) mass is 313 g/mol. The third-order valence-corrected chi connectivity index (χ3v) is 3.32. The van der Waals surface area contributed by atoms with E-state index < -0.39 is 0 Å². The van der Waals surface area contributed by atoms with Gasteiger partial charge in [0.25, 0.3) is 0 Å². The first-order valence-corrected chi connectivity index (χ1v) is 7.76. The molecule has 1 aromatic rings. The lowest BCUT2D eigenvalue weighted by Gasteiger charge is -2.09. The number of allylic oxidation sites excluding steroid dienone is 3. The molecule has 0 bridgehead atoms. The van der Waals surface area contributed by atoms with Gasteiger partial charge in [0.2, 0.25) is 0 Å². The maximum Gasteiger partial charge on any atom is 0.171 e. The van der Waals surface area contributed by atoms with E-state index in [-0.39, 0.29) is 0 Å². The highest BCUT2D eigenvalue weighted by atomic mass is 32.1. The summed E-state index contributed by atoms with van der Waals surface area (Å²) in [6.07, 6.45) is 6.56. The van der Waals surface area contributed by atoms with Crippen LogP contribution in [0.4, 0.5) is 5.69 Å². The van der Waals surface area contributed by atoms with E-state index in [2.05, 4.69) is 49.6 Å². The van der Waals surface area contributed by atoms with Gasteiger partial charge in [0.15, 0.2) is 5.11 Å². The minimum absolute atomic E-state index is 0.582. The van der Waals surface area contributed by atoms with Crippen LogP contribution in [0.1, 0.15) is 39.2 Å². The molecule has 0 radical (unpaired) electrons. The van der Waals surface area contributed by atoms with Crippen molar-refractivity contribution in [3.05, 3.63) is 53.1 Å². The Hall–Kier alpha value is -2.12. The Morgan fingerprint density at radius 2 is 1.86 bits per heavy atom. The normalized spacial score (nSPS) is 10.5. The van der Waals surface area contributed by atoms with Gasteiger partial charge in [-0.25, -0.2) is 0 Å². The molecule has 0 aliphatic rings. The Kier molecular flexibility index (Phi) is 7.95. The first-order valence-electron chi connectivity index (χ1n) is 7.35. The Morgan fingerprint density at radius 1 is 1.18 bits per heavy atom. The van der Waals surface area contributed by atoms with E-state index >= 15 is 0 Å². The van der Waals surface area contributed by atoms with Gasteiger partial charge in [0, 0.05) is 12.2 Å². The highest BCUT2D eigenvalue weighted by Crippen LogP contribution is 2.08. The van der Waals surface area contributed by atoms with Crippen LogP contribution in [0.25, 0.3) is 0 Å². The summed E-state index contributed by atoms with van der Waals surface area (Å²) in [5.74, 6) is 0. The second-order valence-corrected chi connectivity index (χ2v) is 5.80. The average Bonchev–Trinajstić information content (AvgIpc) is 2.47. The fraction of sp³-hybridized carbons (Fsp3) is 0.333. The third-order valence-electron chi connectivity index (χ3n) is 3.08. The van der Waals surface area contributed by atoms with Crippen molar-refractivity contribution in [2.75, 3.05) is 11.9 Å². The SMILES string of the molecule is CC(C)=CCC/C(C)=C/CNC(=S)Nc1ccc(C#N)cc1. The molecule has 3 nitrogen and oxygen atoms in total. The Bertz CT molecular complexity index is 588. The Balaban J connectivity index is 2.33. The molecule has 4 heteroatoms. The van der Waals surface area contributed by atoms with Gasteiger partial charge in [-0.05, 0) is 70.1 Å². The number of rotatable bonds is 6. The van der Waals surface area contributed by atoms with Crippen molar-refractivity contribution in [1.82, 2.24) is 5.32 Å². The summed E-state index contributed by atoms with van der Waals surface area (Å²) in [5, 5.41) is 15.6. The molecule has 0 atom stereocenters. The molecule has 0 aliphatic heterocycles. The van der Waals surface area contributed by atoms with Crippen LogP contribution in [0, 0.1) is 11.3 Å². The van der Waals surface area contributed by atoms with Gasteiger partial charge in [0.05, 0.1) is 11.6 Å². The summed E-state index contributed by atoms with van der Waals surface area (Å²) in [6, 6.07) is 9.29. The zero-order valence-corrected chi connectivity index (χ0v) is 14.3. The summed E-state index contributed by atoms with van der Waals surface area (Å²) < 4.78 is 0. The molecule has 0 aliphatic carbocycles. The molecule has 0 aromatic heterocycles. The molecule has 0 amide bonds. The van der Waals surface area contributed by atoms with Crippen LogP contribution in [0.5, 0.6) is 0 Å². The van der Waals surface area contributed by atoms with Crippen LogP contribution in [0.3, 0.4) is 0 Å². The molecule has 0 saturated carbocycles. The van der Waals surface area contributed by atoms with Crippen molar-refractivity contribution in [2.24, 2.45) is 0 Å². The maximum absolute atomic E-state index is 8.75. The van der Waals surface area contributed by atoms with Crippen LogP contribution < -0.4 is 10.6 Å². The molecule has 1 aromatic carbocycles. The zero-order chi connectivity index (χ0) is 16.4. The van der Waals surface area contributed by atoms with Crippen molar-refractivity contribution in [2.45, 2.75) is 33.6 Å². The number of nitrogens with one attached hydrogen (secondary N) is 2. The van der Waals surface area contributed by atoms with Gasteiger partial charge in [-0.3, -0.25) is 0 Å². The smallest absolute Gasteiger partial charge is 0.171 e. The quantitative estimate of drug-likeness (QED) is 0.598. The zero-order valence-electron chi connectivity index (χ0n) is 13.4. The maximum atomic E-state index is 8.75. The number of hydrogen-bond donors (Lipinski definition) is 2. The van der Waals surface area contributed by atoms with Crippen LogP contribution in [-0.2, 0) is 0 Å². The first-order chi connectivity index (χ1) is 10.5. The van der Waals surface area contributed by atoms with Gasteiger partial charge < -0.3 is 10.6 Å². The van der Waals surface area contributed by atoms with E-state index in [9.17, 15) is 0 Å². The summed E-state index contributed by atoms with van der Waals surface area (Å²) >= 11 is 5.24. The van der Waals surface area contributed by atoms with Crippen molar-refractivity contribution in [1.29, 1.82) is 5.26 Å². The molecule has 0 unspecified atom stereocenters. The largest absolute Gasteiger partial charge is 0.359 e.